The minimum atomic E-state index is -4.92. The highest BCUT2D eigenvalue weighted by Crippen LogP contribution is 2.19. The summed E-state index contributed by atoms with van der Waals surface area (Å²) in [5, 5.41) is 0. The predicted octanol–water partition coefficient (Wildman–Crippen LogP) is 2.84. The van der Waals surface area contributed by atoms with Crippen molar-refractivity contribution in [3.05, 3.63) is 23.8 Å². The van der Waals surface area contributed by atoms with Crippen LogP contribution in [0.15, 0.2) is 18.2 Å². The van der Waals surface area contributed by atoms with Crippen molar-refractivity contribution in [2.45, 2.75) is 26.9 Å². The summed E-state index contributed by atoms with van der Waals surface area (Å²) in [7, 11) is 0. The molecule has 1 rings (SSSR count). The van der Waals surface area contributed by atoms with Crippen LogP contribution in [0.1, 0.15) is 19.4 Å². The molecule has 0 aliphatic heterocycles. The summed E-state index contributed by atoms with van der Waals surface area (Å²) in [5.74, 6) is 0.508. The molecule has 5 heteroatoms. The monoisotopic (exact) mass is 217 g/mol. The van der Waals surface area contributed by atoms with Gasteiger partial charge >= 0.3 is 6.98 Å². The smallest absolute Gasteiger partial charge is 0.491 e. The molecule has 0 spiro atoms. The van der Waals surface area contributed by atoms with Crippen molar-refractivity contribution < 1.29 is 17.7 Å². The predicted molar refractivity (Wildman–Crippen MR) is 55.7 cm³/mol. The molecule has 0 unspecified atom stereocenters. The van der Waals surface area contributed by atoms with Crippen molar-refractivity contribution in [1.82, 2.24) is 0 Å². The number of benzene rings is 1. The standard InChI is InChI=1S/C10H13BF3O/c1-7(2)15-10-5-4-9(6-8(10)3)11(12,13)14/h4-7H,1-3H3/q-1. The molecule has 0 aromatic heterocycles. The van der Waals surface area contributed by atoms with Crippen LogP contribution in [0.5, 0.6) is 5.75 Å². The Morgan fingerprint density at radius 3 is 2.20 bits per heavy atom. The molecule has 0 saturated carbocycles. The topological polar surface area (TPSA) is 9.23 Å². The Hall–Kier alpha value is -1.13. The largest absolute Gasteiger partial charge is 0.509 e. The molecule has 1 aromatic rings. The van der Waals surface area contributed by atoms with Crippen molar-refractivity contribution in [1.29, 1.82) is 0 Å². The second kappa shape index (κ2) is 4.17. The lowest BCUT2D eigenvalue weighted by Gasteiger charge is -2.18. The number of halogens is 3. The Morgan fingerprint density at radius 1 is 1.20 bits per heavy atom. The van der Waals surface area contributed by atoms with Gasteiger partial charge in [-0.2, -0.15) is 0 Å². The Kier molecular flexibility index (Phi) is 3.32. The molecular weight excluding hydrogens is 204 g/mol. The van der Waals surface area contributed by atoms with E-state index >= 15 is 0 Å². The first-order chi connectivity index (χ1) is 6.80. The summed E-state index contributed by atoms with van der Waals surface area (Å²) in [6, 6.07) is 3.56. The lowest BCUT2D eigenvalue weighted by molar-refractivity contribution is 0.241. The van der Waals surface area contributed by atoms with Gasteiger partial charge in [-0.1, -0.05) is 12.1 Å². The summed E-state index contributed by atoms with van der Waals surface area (Å²) in [6.45, 7) is 0.366. The third-order valence-corrected chi connectivity index (χ3v) is 1.94. The van der Waals surface area contributed by atoms with Crippen molar-refractivity contribution >= 4 is 12.4 Å². The highest BCUT2D eigenvalue weighted by Gasteiger charge is 2.25. The quantitative estimate of drug-likeness (QED) is 0.707. The average molecular weight is 217 g/mol. The minimum absolute atomic E-state index is 0.0362. The van der Waals surface area contributed by atoms with E-state index in [2.05, 4.69) is 0 Å². The fourth-order valence-corrected chi connectivity index (χ4v) is 1.26. The summed E-state index contributed by atoms with van der Waals surface area (Å²) in [5.41, 5.74) is -0.0657. The van der Waals surface area contributed by atoms with E-state index in [0.717, 1.165) is 12.1 Å². The van der Waals surface area contributed by atoms with Crippen LogP contribution < -0.4 is 10.2 Å². The van der Waals surface area contributed by atoms with Gasteiger partial charge in [0.1, 0.15) is 5.75 Å². The van der Waals surface area contributed by atoms with Crippen LogP contribution in [0, 0.1) is 6.92 Å². The molecular formula is C10H13BF3O-. The molecule has 15 heavy (non-hydrogen) atoms. The van der Waals surface area contributed by atoms with Gasteiger partial charge in [-0.15, -0.1) is 5.46 Å². The van der Waals surface area contributed by atoms with Crippen molar-refractivity contribution in [2.24, 2.45) is 0 Å². The third kappa shape index (κ3) is 3.18. The van der Waals surface area contributed by atoms with E-state index in [1.165, 1.54) is 6.07 Å². The zero-order valence-electron chi connectivity index (χ0n) is 8.93. The number of hydrogen-bond acceptors (Lipinski definition) is 1. The van der Waals surface area contributed by atoms with E-state index in [0.29, 0.717) is 11.3 Å². The second-order valence-electron chi connectivity index (χ2n) is 3.77. The number of aryl methyl sites for hydroxylation is 1. The zero-order valence-corrected chi connectivity index (χ0v) is 8.93. The van der Waals surface area contributed by atoms with Crippen LogP contribution >= 0.6 is 0 Å². The molecule has 0 radical (unpaired) electrons. The highest BCUT2D eigenvalue weighted by molar-refractivity contribution is 6.73. The maximum absolute atomic E-state index is 12.4. The molecule has 0 bridgehead atoms. The van der Waals surface area contributed by atoms with Crippen LogP contribution in [0.3, 0.4) is 0 Å². The van der Waals surface area contributed by atoms with Gasteiger partial charge in [0.25, 0.3) is 0 Å². The first kappa shape index (κ1) is 11.9. The van der Waals surface area contributed by atoms with E-state index in [1.807, 2.05) is 13.8 Å². The average Bonchev–Trinajstić information content (AvgIpc) is 2.05. The second-order valence-corrected chi connectivity index (χ2v) is 3.77. The third-order valence-electron chi connectivity index (χ3n) is 1.94. The lowest BCUT2D eigenvalue weighted by atomic mass is 9.79. The Balaban J connectivity index is 2.98. The first-order valence-electron chi connectivity index (χ1n) is 4.78. The molecule has 84 valence electrons. The van der Waals surface area contributed by atoms with Crippen LogP contribution in [0.25, 0.3) is 0 Å². The summed E-state index contributed by atoms with van der Waals surface area (Å²) in [4.78, 5) is 0. The van der Waals surface area contributed by atoms with E-state index in [1.54, 1.807) is 6.92 Å². The van der Waals surface area contributed by atoms with Crippen molar-refractivity contribution in [3.63, 3.8) is 0 Å². The van der Waals surface area contributed by atoms with E-state index in [9.17, 15) is 12.9 Å². The molecule has 0 amide bonds. The molecule has 0 N–H and O–H groups in total. The molecule has 0 saturated heterocycles. The number of ether oxygens (including phenoxy) is 1. The zero-order chi connectivity index (χ0) is 11.6. The first-order valence-corrected chi connectivity index (χ1v) is 4.78. The van der Waals surface area contributed by atoms with Gasteiger partial charge in [-0.05, 0) is 32.4 Å². The molecule has 0 fully saturated rings. The number of rotatable bonds is 3. The Labute approximate surface area is 87.3 Å². The molecule has 0 aliphatic rings. The molecule has 1 aromatic carbocycles. The molecule has 1 nitrogen and oxygen atoms in total. The van der Waals surface area contributed by atoms with Gasteiger partial charge in [-0.3, -0.25) is 0 Å². The van der Waals surface area contributed by atoms with Gasteiger partial charge in [0, 0.05) is 0 Å². The SMILES string of the molecule is Cc1cc([B-](F)(F)F)ccc1OC(C)C. The van der Waals surface area contributed by atoms with E-state index in [4.69, 9.17) is 4.74 Å². The van der Waals surface area contributed by atoms with E-state index in [-0.39, 0.29) is 6.10 Å². The van der Waals surface area contributed by atoms with Crippen molar-refractivity contribution in [2.75, 3.05) is 0 Å². The summed E-state index contributed by atoms with van der Waals surface area (Å²) >= 11 is 0. The highest BCUT2D eigenvalue weighted by atomic mass is 19.4. The van der Waals surface area contributed by atoms with Gasteiger partial charge in [0.05, 0.1) is 6.10 Å². The maximum atomic E-state index is 12.4. The normalized spacial score (nSPS) is 11.9. The fourth-order valence-electron chi connectivity index (χ4n) is 1.26. The van der Waals surface area contributed by atoms with Gasteiger partial charge < -0.3 is 17.7 Å². The Morgan fingerprint density at radius 2 is 1.80 bits per heavy atom. The lowest BCUT2D eigenvalue weighted by Crippen LogP contribution is -2.34. The molecule has 0 atom stereocenters. The van der Waals surface area contributed by atoms with Gasteiger partial charge in [0.2, 0.25) is 0 Å². The van der Waals surface area contributed by atoms with Crippen molar-refractivity contribution in [3.8, 4) is 5.75 Å². The summed E-state index contributed by atoms with van der Waals surface area (Å²) in [6.07, 6.45) is -0.0362. The number of hydrogen-bond donors (Lipinski definition) is 0. The van der Waals surface area contributed by atoms with Gasteiger partial charge in [-0.25, -0.2) is 0 Å². The molecule has 0 aliphatic carbocycles. The van der Waals surface area contributed by atoms with Crippen LogP contribution in [-0.2, 0) is 0 Å². The van der Waals surface area contributed by atoms with Crippen LogP contribution in [0.2, 0.25) is 0 Å². The van der Waals surface area contributed by atoms with Crippen LogP contribution in [0.4, 0.5) is 12.9 Å². The summed E-state index contributed by atoms with van der Waals surface area (Å²) < 4.78 is 42.5. The van der Waals surface area contributed by atoms with Crippen LogP contribution in [-0.4, -0.2) is 13.1 Å². The fraction of sp³-hybridized carbons (Fsp3) is 0.400. The van der Waals surface area contributed by atoms with Gasteiger partial charge in [0.15, 0.2) is 0 Å². The molecule has 0 heterocycles. The van der Waals surface area contributed by atoms with E-state index < -0.39 is 12.4 Å². The maximum Gasteiger partial charge on any atom is 0.509 e. The Bertz CT molecular complexity index is 347. The minimum Gasteiger partial charge on any atom is -0.491 e.